The van der Waals surface area contributed by atoms with Crippen molar-refractivity contribution >= 4 is 11.9 Å². The number of esters is 2. The van der Waals surface area contributed by atoms with Crippen molar-refractivity contribution in [2.45, 2.75) is 13.5 Å². The van der Waals surface area contributed by atoms with E-state index in [2.05, 4.69) is 9.72 Å². The Labute approximate surface area is 116 Å². The predicted molar refractivity (Wildman–Crippen MR) is 72.4 cm³/mol. The predicted octanol–water partition coefficient (Wildman–Crippen LogP) is 2.47. The van der Waals surface area contributed by atoms with Crippen molar-refractivity contribution in [3.8, 4) is 0 Å². The molecule has 0 bridgehead atoms. The Morgan fingerprint density at radius 2 is 1.85 bits per heavy atom. The lowest BCUT2D eigenvalue weighted by Crippen LogP contribution is -2.05. The lowest BCUT2D eigenvalue weighted by atomic mass is 10.2. The first-order chi connectivity index (χ1) is 9.61. The topological polar surface area (TPSA) is 68.4 Å². The normalized spacial score (nSPS) is 10.1. The van der Waals surface area contributed by atoms with Crippen LogP contribution in [0.25, 0.3) is 0 Å². The zero-order chi connectivity index (χ0) is 14.5. The molecule has 1 aromatic carbocycles. The monoisotopic (exact) mass is 273 g/mol. The number of hydrogen-bond acceptors (Lipinski definition) is 4. The molecule has 0 fully saturated rings. The van der Waals surface area contributed by atoms with Crippen molar-refractivity contribution in [1.29, 1.82) is 0 Å². The van der Waals surface area contributed by atoms with Crippen LogP contribution in [0.3, 0.4) is 0 Å². The van der Waals surface area contributed by atoms with Gasteiger partial charge in [0.05, 0.1) is 12.7 Å². The van der Waals surface area contributed by atoms with Gasteiger partial charge in [-0.05, 0) is 18.6 Å². The van der Waals surface area contributed by atoms with E-state index in [1.807, 2.05) is 30.3 Å². The summed E-state index contributed by atoms with van der Waals surface area (Å²) in [6.07, 6.45) is 0. The highest BCUT2D eigenvalue weighted by Gasteiger charge is 2.18. The minimum Gasteiger partial charge on any atom is -0.464 e. The van der Waals surface area contributed by atoms with E-state index >= 15 is 0 Å². The fourth-order valence-electron chi connectivity index (χ4n) is 1.79. The van der Waals surface area contributed by atoms with Crippen molar-refractivity contribution < 1.29 is 19.1 Å². The summed E-state index contributed by atoms with van der Waals surface area (Å²) in [7, 11) is 1.28. The Balaban J connectivity index is 2.06. The van der Waals surface area contributed by atoms with E-state index in [1.54, 1.807) is 6.92 Å². The molecule has 104 valence electrons. The fraction of sp³-hybridized carbons (Fsp3) is 0.200. The summed E-state index contributed by atoms with van der Waals surface area (Å²) in [5.74, 6) is -0.993. The van der Waals surface area contributed by atoms with Gasteiger partial charge >= 0.3 is 11.9 Å². The Hall–Kier alpha value is -2.56. The third-order valence-corrected chi connectivity index (χ3v) is 2.85. The number of aryl methyl sites for hydroxylation is 1. The van der Waals surface area contributed by atoms with E-state index < -0.39 is 11.9 Å². The SMILES string of the molecule is COC(=O)c1cc(C(=O)OCc2ccccc2)c(C)[nH]1. The molecule has 1 aromatic heterocycles. The molecule has 0 saturated heterocycles. The number of nitrogens with one attached hydrogen (secondary N) is 1. The molecule has 20 heavy (non-hydrogen) atoms. The second-order valence-electron chi connectivity index (χ2n) is 4.28. The summed E-state index contributed by atoms with van der Waals surface area (Å²) in [6.45, 7) is 1.89. The number of methoxy groups -OCH3 is 1. The first kappa shape index (κ1) is 13.9. The summed E-state index contributed by atoms with van der Waals surface area (Å²) in [5, 5.41) is 0. The molecule has 2 rings (SSSR count). The van der Waals surface area contributed by atoms with Gasteiger partial charge in [0.15, 0.2) is 0 Å². The Morgan fingerprint density at radius 1 is 1.15 bits per heavy atom. The van der Waals surface area contributed by atoms with Crippen LogP contribution < -0.4 is 0 Å². The van der Waals surface area contributed by atoms with Gasteiger partial charge in [-0.15, -0.1) is 0 Å². The molecule has 0 aliphatic heterocycles. The molecule has 0 aliphatic rings. The highest BCUT2D eigenvalue weighted by molar-refractivity contribution is 5.95. The Morgan fingerprint density at radius 3 is 2.50 bits per heavy atom. The minimum atomic E-state index is -0.518. The Bertz CT molecular complexity index is 616. The van der Waals surface area contributed by atoms with E-state index in [1.165, 1.54) is 13.2 Å². The molecule has 1 heterocycles. The number of aromatic nitrogens is 1. The van der Waals surface area contributed by atoms with Crippen molar-refractivity contribution in [2.75, 3.05) is 7.11 Å². The van der Waals surface area contributed by atoms with Gasteiger partial charge in [0.25, 0.3) is 0 Å². The minimum absolute atomic E-state index is 0.192. The number of rotatable bonds is 4. The van der Waals surface area contributed by atoms with Gasteiger partial charge in [-0.1, -0.05) is 30.3 Å². The quantitative estimate of drug-likeness (QED) is 0.869. The van der Waals surface area contributed by atoms with E-state index in [0.717, 1.165) is 5.56 Å². The summed E-state index contributed by atoms with van der Waals surface area (Å²) >= 11 is 0. The third kappa shape index (κ3) is 3.06. The standard InChI is InChI=1S/C15H15NO4/c1-10-12(8-13(16-10)15(18)19-2)14(17)20-9-11-6-4-3-5-7-11/h3-8,16H,9H2,1-2H3. The average Bonchev–Trinajstić information content (AvgIpc) is 2.87. The van der Waals surface area contributed by atoms with Gasteiger partial charge in [-0.2, -0.15) is 0 Å². The van der Waals surface area contributed by atoms with E-state index in [-0.39, 0.29) is 12.3 Å². The van der Waals surface area contributed by atoms with Gasteiger partial charge in [-0.3, -0.25) is 0 Å². The molecule has 0 amide bonds. The van der Waals surface area contributed by atoms with Crippen molar-refractivity contribution in [1.82, 2.24) is 4.98 Å². The lowest BCUT2D eigenvalue weighted by Gasteiger charge is -2.04. The number of H-pyrrole nitrogens is 1. The van der Waals surface area contributed by atoms with Crippen molar-refractivity contribution in [3.63, 3.8) is 0 Å². The van der Waals surface area contributed by atoms with Crippen molar-refractivity contribution in [2.24, 2.45) is 0 Å². The first-order valence-corrected chi connectivity index (χ1v) is 6.11. The maximum Gasteiger partial charge on any atom is 0.354 e. The Kier molecular flexibility index (Phi) is 4.20. The van der Waals surface area contributed by atoms with Crippen LogP contribution in [0.5, 0.6) is 0 Å². The molecule has 0 saturated carbocycles. The first-order valence-electron chi connectivity index (χ1n) is 6.11. The number of ether oxygens (including phenoxy) is 2. The van der Waals surface area contributed by atoms with Gasteiger partial charge < -0.3 is 14.5 Å². The fourth-order valence-corrected chi connectivity index (χ4v) is 1.79. The van der Waals surface area contributed by atoms with Gasteiger partial charge in [0.2, 0.25) is 0 Å². The summed E-state index contributed by atoms with van der Waals surface area (Å²) < 4.78 is 9.80. The van der Waals surface area contributed by atoms with Crippen LogP contribution in [0, 0.1) is 6.92 Å². The van der Waals surface area contributed by atoms with Crippen LogP contribution in [-0.2, 0) is 16.1 Å². The van der Waals surface area contributed by atoms with E-state index in [4.69, 9.17) is 4.74 Å². The number of aromatic amines is 1. The summed E-state index contributed by atoms with van der Waals surface area (Å²) in [4.78, 5) is 26.1. The molecular formula is C15H15NO4. The maximum atomic E-state index is 12.0. The second-order valence-corrected chi connectivity index (χ2v) is 4.28. The number of carbonyl (C=O) groups excluding carboxylic acids is 2. The van der Waals surface area contributed by atoms with Crippen molar-refractivity contribution in [3.05, 3.63) is 58.9 Å². The highest BCUT2D eigenvalue weighted by atomic mass is 16.5. The zero-order valence-corrected chi connectivity index (χ0v) is 11.3. The maximum absolute atomic E-state index is 12.0. The number of benzene rings is 1. The molecule has 5 nitrogen and oxygen atoms in total. The molecular weight excluding hydrogens is 258 g/mol. The van der Waals surface area contributed by atoms with Crippen LogP contribution in [0.15, 0.2) is 36.4 Å². The molecule has 0 radical (unpaired) electrons. The average molecular weight is 273 g/mol. The third-order valence-electron chi connectivity index (χ3n) is 2.85. The molecule has 0 spiro atoms. The molecule has 2 aromatic rings. The smallest absolute Gasteiger partial charge is 0.354 e. The van der Waals surface area contributed by atoms with E-state index in [0.29, 0.717) is 11.3 Å². The summed E-state index contributed by atoms with van der Waals surface area (Å²) in [5.41, 5.74) is 2.05. The van der Waals surface area contributed by atoms with Gasteiger partial charge in [0, 0.05) is 5.69 Å². The van der Waals surface area contributed by atoms with Crippen LogP contribution in [0.2, 0.25) is 0 Å². The van der Waals surface area contributed by atoms with Gasteiger partial charge in [0.1, 0.15) is 12.3 Å². The lowest BCUT2D eigenvalue weighted by molar-refractivity contribution is 0.0472. The molecule has 0 aliphatic carbocycles. The van der Waals surface area contributed by atoms with Gasteiger partial charge in [-0.25, -0.2) is 9.59 Å². The van der Waals surface area contributed by atoms with Crippen LogP contribution in [0.4, 0.5) is 0 Å². The molecule has 5 heteroatoms. The molecule has 1 N–H and O–H groups in total. The highest BCUT2D eigenvalue weighted by Crippen LogP contribution is 2.13. The number of hydrogen-bond donors (Lipinski definition) is 1. The molecule has 0 atom stereocenters. The second kappa shape index (κ2) is 6.06. The van der Waals surface area contributed by atoms with Crippen LogP contribution >= 0.6 is 0 Å². The van der Waals surface area contributed by atoms with Crippen LogP contribution in [0.1, 0.15) is 32.1 Å². The summed E-state index contributed by atoms with van der Waals surface area (Å²) in [6, 6.07) is 10.8. The van der Waals surface area contributed by atoms with E-state index in [9.17, 15) is 9.59 Å². The number of carbonyl (C=O) groups is 2. The largest absolute Gasteiger partial charge is 0.464 e. The zero-order valence-electron chi connectivity index (χ0n) is 11.3. The van der Waals surface area contributed by atoms with Crippen LogP contribution in [-0.4, -0.2) is 24.0 Å². The molecule has 0 unspecified atom stereocenters.